The zero-order chi connectivity index (χ0) is 37.6. The molecule has 13 nitrogen and oxygen atoms in total. The lowest BCUT2D eigenvalue weighted by molar-refractivity contribution is -0.147. The molecular weight excluding hydrogens is 683 g/mol. The summed E-state index contributed by atoms with van der Waals surface area (Å²) in [5.74, 6) is -0.903. The minimum atomic E-state index is -0.772. The Morgan fingerprint density at radius 2 is 1.85 bits per heavy atom. The Balaban J connectivity index is 1.04. The molecule has 1 aliphatic rings. The van der Waals surface area contributed by atoms with Crippen LogP contribution in [-0.2, 0) is 16.6 Å². The molecule has 14 heteroatoms. The number of aliphatic hydroxyl groups excluding tert-OH is 1. The van der Waals surface area contributed by atoms with Gasteiger partial charge in [-0.3, -0.25) is 28.9 Å². The van der Waals surface area contributed by atoms with Gasteiger partial charge in [0.1, 0.15) is 35.9 Å². The number of aliphatic hydroxyl groups is 1. The van der Waals surface area contributed by atoms with E-state index in [1.807, 2.05) is 24.8 Å². The number of para-hydroxylation sites is 1. The van der Waals surface area contributed by atoms with Gasteiger partial charge in [0.2, 0.25) is 0 Å². The van der Waals surface area contributed by atoms with E-state index in [1.165, 1.54) is 23.0 Å². The summed E-state index contributed by atoms with van der Waals surface area (Å²) in [5.41, 5.74) is 1.22. The van der Waals surface area contributed by atoms with Gasteiger partial charge in [-0.25, -0.2) is 9.07 Å². The quantitative estimate of drug-likeness (QED) is 0.139. The van der Waals surface area contributed by atoms with E-state index < -0.39 is 23.4 Å². The van der Waals surface area contributed by atoms with Crippen molar-refractivity contribution in [3.8, 4) is 22.9 Å². The van der Waals surface area contributed by atoms with Crippen LogP contribution in [0.4, 0.5) is 10.1 Å². The first-order valence-electron chi connectivity index (χ1n) is 17.4. The summed E-state index contributed by atoms with van der Waals surface area (Å²) in [6, 6.07) is 19.9. The van der Waals surface area contributed by atoms with Crippen LogP contribution in [0, 0.1) is 12.7 Å². The molecule has 0 radical (unpaired) electrons. The number of carbonyl (C=O) groups excluding carboxylic acids is 2. The van der Waals surface area contributed by atoms with Gasteiger partial charge in [-0.2, -0.15) is 0 Å². The predicted octanol–water partition coefficient (Wildman–Crippen LogP) is 4.57. The highest BCUT2D eigenvalue weighted by Gasteiger charge is 2.27. The first kappa shape index (κ1) is 37.2. The number of likely N-dealkylation sites (tertiary alicyclic amines) is 1. The van der Waals surface area contributed by atoms with Crippen molar-refractivity contribution in [1.82, 2.24) is 24.6 Å². The number of aromatic nitrogens is 3. The zero-order valence-corrected chi connectivity index (χ0v) is 30.0. The fourth-order valence-electron chi connectivity index (χ4n) is 6.20. The summed E-state index contributed by atoms with van der Waals surface area (Å²) in [5, 5.41) is 16.9. The minimum absolute atomic E-state index is 0.0437. The molecule has 1 fully saturated rings. The second kappa shape index (κ2) is 16.4. The number of β-amino-alcohol motifs (C(OH)–C–C–N with tert-alkyl or cyclic N) is 1. The molecule has 0 bridgehead atoms. The lowest BCUT2D eigenvalue weighted by Crippen LogP contribution is -2.36. The highest BCUT2D eigenvalue weighted by atomic mass is 19.1. The molecule has 3 N–H and O–H groups in total. The highest BCUT2D eigenvalue weighted by molar-refractivity contribution is 6.05. The Morgan fingerprint density at radius 1 is 1.06 bits per heavy atom. The number of fused-ring (bicyclic) bond motifs is 1. The third kappa shape index (κ3) is 8.91. The molecule has 5 aromatic rings. The highest BCUT2D eigenvalue weighted by Crippen LogP contribution is 2.33. The molecule has 6 rings (SSSR count). The maximum atomic E-state index is 15.3. The second-order valence-corrected chi connectivity index (χ2v) is 13.3. The van der Waals surface area contributed by atoms with E-state index in [1.54, 1.807) is 67.2 Å². The molecule has 1 amide bonds. The maximum absolute atomic E-state index is 15.3. The SMILES string of the molecule is Cc1c(C(=O)Nc2ccc(Oc3ccnc4cc(OCC(O)CN5CCC(OC(=O)CNC(C)C)C5)ccc34)c(F)c2)c(=O)n(-c2ccccc2)n1C. The fourth-order valence-corrected chi connectivity index (χ4v) is 6.20. The molecule has 2 atom stereocenters. The third-order valence-corrected chi connectivity index (χ3v) is 8.96. The number of carbonyl (C=O) groups is 2. The summed E-state index contributed by atoms with van der Waals surface area (Å²) < 4.78 is 35.7. The number of rotatable bonds is 14. The van der Waals surface area contributed by atoms with Gasteiger partial charge in [0.05, 0.1) is 23.4 Å². The van der Waals surface area contributed by atoms with Crippen molar-refractivity contribution in [2.75, 3.05) is 38.1 Å². The number of hydrogen-bond donors (Lipinski definition) is 3. The molecule has 3 aromatic carbocycles. The van der Waals surface area contributed by atoms with Crippen LogP contribution in [0.5, 0.6) is 17.2 Å². The number of pyridine rings is 1. The molecular formula is C39H43FN6O7. The summed E-state index contributed by atoms with van der Waals surface area (Å²) in [4.78, 5) is 44.9. The van der Waals surface area contributed by atoms with Crippen LogP contribution >= 0.6 is 0 Å². The van der Waals surface area contributed by atoms with Gasteiger partial charge < -0.3 is 30.0 Å². The van der Waals surface area contributed by atoms with Crippen LogP contribution in [0.15, 0.2) is 83.8 Å². The summed E-state index contributed by atoms with van der Waals surface area (Å²) in [7, 11) is 1.69. The van der Waals surface area contributed by atoms with E-state index in [0.29, 0.717) is 59.8 Å². The number of nitrogens with one attached hydrogen (secondary N) is 2. The average Bonchev–Trinajstić information content (AvgIpc) is 3.66. The monoisotopic (exact) mass is 726 g/mol. The molecule has 278 valence electrons. The number of halogens is 1. The lowest BCUT2D eigenvalue weighted by Gasteiger charge is -2.20. The standard InChI is InChI=1S/C39H43FN6O7/c1-24(2)42-20-36(48)52-30-15-17-45(22-30)21-28(47)23-51-29-11-12-31-33(19-29)41-16-14-34(31)53-35-13-10-26(18-32(35)40)43-38(49)37-25(3)44(4)46(39(37)50)27-8-6-5-7-9-27/h5-14,16,18-19,24,28,30,42,47H,15,17,20-23H2,1-4H3,(H,43,49). The Hall–Kier alpha value is -5.57. The van der Waals surface area contributed by atoms with Crippen molar-refractivity contribution in [1.29, 1.82) is 0 Å². The summed E-state index contributed by atoms with van der Waals surface area (Å²) >= 11 is 0. The van der Waals surface area contributed by atoms with Gasteiger partial charge in [-0.1, -0.05) is 32.0 Å². The second-order valence-electron chi connectivity index (χ2n) is 13.3. The van der Waals surface area contributed by atoms with E-state index in [9.17, 15) is 19.5 Å². The average molecular weight is 727 g/mol. The molecule has 0 saturated carbocycles. The van der Waals surface area contributed by atoms with Crippen molar-refractivity contribution in [2.24, 2.45) is 7.05 Å². The topological polar surface area (TPSA) is 149 Å². The van der Waals surface area contributed by atoms with Gasteiger partial charge in [0.25, 0.3) is 11.5 Å². The van der Waals surface area contributed by atoms with Crippen molar-refractivity contribution < 1.29 is 33.3 Å². The Morgan fingerprint density at radius 3 is 2.60 bits per heavy atom. The Kier molecular flexibility index (Phi) is 11.5. The normalized spacial score (nSPS) is 15.1. The van der Waals surface area contributed by atoms with Crippen LogP contribution in [0.25, 0.3) is 16.6 Å². The zero-order valence-electron chi connectivity index (χ0n) is 30.0. The van der Waals surface area contributed by atoms with E-state index >= 15 is 4.39 Å². The van der Waals surface area contributed by atoms with Crippen LogP contribution in [-0.4, -0.2) is 87.3 Å². The van der Waals surface area contributed by atoms with Gasteiger partial charge in [-0.05, 0) is 55.8 Å². The van der Waals surface area contributed by atoms with Crippen LogP contribution in [0.3, 0.4) is 0 Å². The molecule has 1 saturated heterocycles. The number of anilines is 1. The lowest BCUT2D eigenvalue weighted by atomic mass is 10.2. The largest absolute Gasteiger partial charge is 0.491 e. The van der Waals surface area contributed by atoms with E-state index in [4.69, 9.17) is 14.2 Å². The summed E-state index contributed by atoms with van der Waals surface area (Å²) in [6.45, 7) is 7.44. The smallest absolute Gasteiger partial charge is 0.320 e. The number of ether oxygens (including phenoxy) is 3. The van der Waals surface area contributed by atoms with Crippen LogP contribution < -0.4 is 25.7 Å². The summed E-state index contributed by atoms with van der Waals surface area (Å²) in [6.07, 6.45) is 1.26. The van der Waals surface area contributed by atoms with Gasteiger partial charge >= 0.3 is 5.97 Å². The van der Waals surface area contributed by atoms with Gasteiger partial charge in [0, 0.05) is 62.1 Å². The molecule has 1 aliphatic heterocycles. The molecule has 0 spiro atoms. The minimum Gasteiger partial charge on any atom is -0.491 e. The van der Waals surface area contributed by atoms with Crippen molar-refractivity contribution >= 4 is 28.5 Å². The number of esters is 1. The van der Waals surface area contributed by atoms with Crippen molar-refractivity contribution in [2.45, 2.75) is 45.4 Å². The van der Waals surface area contributed by atoms with Crippen molar-refractivity contribution in [3.63, 3.8) is 0 Å². The first-order valence-corrected chi connectivity index (χ1v) is 17.4. The Labute approximate surface area is 305 Å². The first-order chi connectivity index (χ1) is 25.5. The molecule has 0 aliphatic carbocycles. The third-order valence-electron chi connectivity index (χ3n) is 8.96. The fraction of sp³-hybridized carbons (Fsp3) is 0.333. The number of benzene rings is 3. The van der Waals surface area contributed by atoms with E-state index in [0.717, 1.165) is 6.07 Å². The van der Waals surface area contributed by atoms with Crippen molar-refractivity contribution in [3.05, 3.63) is 106 Å². The van der Waals surface area contributed by atoms with E-state index in [2.05, 4.69) is 15.6 Å². The number of amides is 1. The molecule has 2 unspecified atom stereocenters. The molecule has 2 aromatic heterocycles. The van der Waals surface area contributed by atoms with Gasteiger partial charge in [0.15, 0.2) is 11.6 Å². The predicted molar refractivity (Wildman–Crippen MR) is 197 cm³/mol. The number of nitrogens with zero attached hydrogens (tertiary/aromatic N) is 4. The molecule has 3 heterocycles. The van der Waals surface area contributed by atoms with E-state index in [-0.39, 0.29) is 48.3 Å². The van der Waals surface area contributed by atoms with Gasteiger partial charge in [-0.15, -0.1) is 0 Å². The Bertz CT molecular complexity index is 2150. The molecule has 53 heavy (non-hydrogen) atoms. The number of hydrogen-bond acceptors (Lipinski definition) is 10. The van der Waals surface area contributed by atoms with Crippen LogP contribution in [0.1, 0.15) is 36.3 Å². The van der Waals surface area contributed by atoms with Crippen LogP contribution in [0.2, 0.25) is 0 Å². The maximum Gasteiger partial charge on any atom is 0.320 e.